The van der Waals surface area contributed by atoms with Gasteiger partial charge in [-0.25, -0.2) is 9.18 Å². The molecule has 3 aromatic rings. The quantitative estimate of drug-likeness (QED) is 0.303. The van der Waals surface area contributed by atoms with Crippen molar-refractivity contribution < 1.29 is 14.3 Å². The van der Waals surface area contributed by atoms with Crippen molar-refractivity contribution in [3.8, 4) is 11.1 Å². The number of hydrogen-bond acceptors (Lipinski definition) is 3. The molecule has 0 amide bonds. The number of aromatic carboxylic acids is 1. The van der Waals surface area contributed by atoms with Crippen molar-refractivity contribution in [1.29, 1.82) is 0 Å². The Morgan fingerprint density at radius 1 is 1.23 bits per heavy atom. The number of thiol groups is 1. The summed E-state index contributed by atoms with van der Waals surface area (Å²) < 4.78 is 13.8. The Morgan fingerprint density at radius 3 is 2.57 bits per heavy atom. The summed E-state index contributed by atoms with van der Waals surface area (Å²) in [6.07, 6.45) is 1.88. The van der Waals surface area contributed by atoms with Crippen molar-refractivity contribution in [2.75, 3.05) is 11.4 Å². The number of hydrogen-bond donors (Lipinski definition) is 2. The third kappa shape index (κ3) is 4.69. The number of rotatable bonds is 7. The highest BCUT2D eigenvalue weighted by Crippen LogP contribution is 2.39. The predicted molar refractivity (Wildman–Crippen MR) is 124 cm³/mol. The maximum atomic E-state index is 13.8. The molecule has 0 aliphatic rings. The molecule has 3 aromatic carbocycles. The van der Waals surface area contributed by atoms with Gasteiger partial charge >= 0.3 is 5.97 Å². The lowest BCUT2D eigenvalue weighted by Gasteiger charge is -2.29. The molecule has 6 heteroatoms. The van der Waals surface area contributed by atoms with Crippen LogP contribution in [0.15, 0.2) is 78.2 Å². The zero-order chi connectivity index (χ0) is 21.8. The van der Waals surface area contributed by atoms with Crippen molar-refractivity contribution in [2.24, 2.45) is 5.92 Å². The van der Waals surface area contributed by atoms with Crippen LogP contribution in [0.1, 0.15) is 17.3 Å². The largest absolute Gasteiger partial charge is 0.478 e. The number of nitrogens with zero attached hydrogens (tertiary/aromatic N) is 1. The standard InChI is InChI=1S/C24H21ClFNO2S/c1-3-15(2)14-27(17-7-5-4-6-8-17)22-13-20(25)18(12-23(22)30)16-9-10-21(26)19(11-16)24(28)29/h3-13,15,30H,1,14H2,2H3,(H,28,29)/t15-/m0/s1. The molecular weight excluding hydrogens is 421 g/mol. The lowest BCUT2D eigenvalue weighted by Crippen LogP contribution is -2.23. The summed E-state index contributed by atoms with van der Waals surface area (Å²) in [7, 11) is 0. The molecule has 0 fully saturated rings. The van der Waals surface area contributed by atoms with Crippen LogP contribution in [0.4, 0.5) is 15.8 Å². The molecule has 1 N–H and O–H groups in total. The first-order valence-corrected chi connectivity index (χ1v) is 10.1. The Labute approximate surface area is 185 Å². The number of anilines is 2. The number of para-hydroxylation sites is 1. The van der Waals surface area contributed by atoms with Gasteiger partial charge in [-0.3, -0.25) is 0 Å². The number of carboxylic acid groups (broad SMARTS) is 1. The van der Waals surface area contributed by atoms with E-state index in [1.54, 1.807) is 12.1 Å². The second kappa shape index (κ2) is 9.37. The highest BCUT2D eigenvalue weighted by Gasteiger charge is 2.19. The molecule has 154 valence electrons. The fourth-order valence-electron chi connectivity index (χ4n) is 3.16. The summed E-state index contributed by atoms with van der Waals surface area (Å²) in [6.45, 7) is 6.62. The van der Waals surface area contributed by atoms with E-state index >= 15 is 0 Å². The van der Waals surface area contributed by atoms with E-state index in [0.29, 0.717) is 27.6 Å². The van der Waals surface area contributed by atoms with Gasteiger partial charge in [-0.15, -0.1) is 19.2 Å². The van der Waals surface area contributed by atoms with Crippen molar-refractivity contribution in [3.05, 3.63) is 89.7 Å². The van der Waals surface area contributed by atoms with Gasteiger partial charge in [0.15, 0.2) is 0 Å². The van der Waals surface area contributed by atoms with Crippen molar-refractivity contribution in [3.63, 3.8) is 0 Å². The summed E-state index contributed by atoms with van der Waals surface area (Å²) in [5, 5.41) is 9.62. The van der Waals surface area contributed by atoms with Gasteiger partial charge in [0, 0.05) is 22.7 Å². The van der Waals surface area contributed by atoms with Crippen LogP contribution in [-0.2, 0) is 0 Å². The Bertz CT molecular complexity index is 1090. The average Bonchev–Trinajstić information content (AvgIpc) is 2.74. The topological polar surface area (TPSA) is 40.5 Å². The maximum absolute atomic E-state index is 13.8. The fraction of sp³-hybridized carbons (Fsp3) is 0.125. The Kier molecular flexibility index (Phi) is 6.85. The third-order valence-electron chi connectivity index (χ3n) is 4.80. The minimum absolute atomic E-state index is 0.214. The number of benzene rings is 3. The van der Waals surface area contributed by atoms with Gasteiger partial charge in [-0.05, 0) is 47.9 Å². The van der Waals surface area contributed by atoms with Gasteiger partial charge in [0.05, 0.1) is 16.3 Å². The summed E-state index contributed by atoms with van der Waals surface area (Å²) in [6, 6.07) is 17.4. The molecule has 0 heterocycles. The van der Waals surface area contributed by atoms with Crippen molar-refractivity contribution in [1.82, 2.24) is 0 Å². The van der Waals surface area contributed by atoms with Gasteiger partial charge < -0.3 is 10.0 Å². The van der Waals surface area contributed by atoms with Crippen LogP contribution >= 0.6 is 24.2 Å². The zero-order valence-electron chi connectivity index (χ0n) is 16.3. The van der Waals surface area contributed by atoms with Crippen molar-refractivity contribution in [2.45, 2.75) is 11.8 Å². The van der Waals surface area contributed by atoms with E-state index in [9.17, 15) is 14.3 Å². The van der Waals surface area contributed by atoms with Crippen LogP contribution in [0, 0.1) is 11.7 Å². The first-order valence-electron chi connectivity index (χ1n) is 9.32. The number of carboxylic acids is 1. The average molecular weight is 442 g/mol. The first kappa shape index (κ1) is 21.9. The molecule has 30 heavy (non-hydrogen) atoms. The molecule has 0 saturated heterocycles. The Balaban J connectivity index is 2.09. The van der Waals surface area contributed by atoms with Crippen LogP contribution in [0.3, 0.4) is 0 Å². The SMILES string of the molecule is C=C[C@H](C)CN(c1ccccc1)c1cc(Cl)c(-c2ccc(F)c(C(=O)O)c2)cc1S. The minimum Gasteiger partial charge on any atom is -0.478 e. The summed E-state index contributed by atoms with van der Waals surface area (Å²) >= 11 is 11.3. The van der Waals surface area contributed by atoms with Crippen LogP contribution in [0.25, 0.3) is 11.1 Å². The van der Waals surface area contributed by atoms with E-state index in [0.717, 1.165) is 17.4 Å². The lowest BCUT2D eigenvalue weighted by molar-refractivity contribution is 0.0692. The molecule has 3 nitrogen and oxygen atoms in total. The molecular formula is C24H21ClFNO2S. The fourth-order valence-corrected chi connectivity index (χ4v) is 3.74. The molecule has 0 bridgehead atoms. The Morgan fingerprint density at radius 2 is 1.93 bits per heavy atom. The molecule has 0 radical (unpaired) electrons. The first-order chi connectivity index (χ1) is 14.3. The normalized spacial score (nSPS) is 11.7. The molecule has 0 saturated carbocycles. The van der Waals surface area contributed by atoms with E-state index in [1.807, 2.05) is 36.4 Å². The Hall–Kier alpha value is -2.76. The molecule has 0 aliphatic heterocycles. The van der Waals surface area contributed by atoms with Gasteiger partial charge in [-0.1, -0.05) is 48.9 Å². The van der Waals surface area contributed by atoms with Crippen LogP contribution in [0.2, 0.25) is 5.02 Å². The summed E-state index contributed by atoms with van der Waals surface area (Å²) in [4.78, 5) is 14.1. The molecule has 1 atom stereocenters. The van der Waals surface area contributed by atoms with E-state index < -0.39 is 17.3 Å². The molecule has 0 unspecified atom stereocenters. The monoisotopic (exact) mass is 441 g/mol. The summed E-state index contributed by atoms with van der Waals surface area (Å²) in [5.74, 6) is -1.91. The van der Waals surface area contributed by atoms with E-state index in [-0.39, 0.29) is 5.92 Å². The highest BCUT2D eigenvalue weighted by molar-refractivity contribution is 7.80. The van der Waals surface area contributed by atoms with E-state index in [2.05, 4.69) is 31.0 Å². The maximum Gasteiger partial charge on any atom is 0.338 e. The van der Waals surface area contributed by atoms with Crippen molar-refractivity contribution >= 4 is 41.6 Å². The third-order valence-corrected chi connectivity index (χ3v) is 5.47. The number of carbonyl (C=O) groups is 1. The number of halogens is 2. The van der Waals surface area contributed by atoms with Gasteiger partial charge in [0.2, 0.25) is 0 Å². The van der Waals surface area contributed by atoms with Gasteiger partial charge in [0.1, 0.15) is 5.82 Å². The van der Waals surface area contributed by atoms with Crippen LogP contribution < -0.4 is 4.90 Å². The van der Waals surface area contributed by atoms with Gasteiger partial charge in [0.25, 0.3) is 0 Å². The van der Waals surface area contributed by atoms with Crippen LogP contribution in [0.5, 0.6) is 0 Å². The van der Waals surface area contributed by atoms with E-state index in [1.165, 1.54) is 12.1 Å². The molecule has 0 aliphatic carbocycles. The highest BCUT2D eigenvalue weighted by atomic mass is 35.5. The predicted octanol–water partition coefficient (Wildman–Crippen LogP) is 7.09. The van der Waals surface area contributed by atoms with Gasteiger partial charge in [-0.2, -0.15) is 0 Å². The van der Waals surface area contributed by atoms with Crippen LogP contribution in [-0.4, -0.2) is 17.6 Å². The summed E-state index contributed by atoms with van der Waals surface area (Å²) in [5.41, 5.74) is 2.48. The van der Waals surface area contributed by atoms with E-state index in [4.69, 9.17) is 11.6 Å². The minimum atomic E-state index is -1.33. The second-order valence-electron chi connectivity index (χ2n) is 6.98. The zero-order valence-corrected chi connectivity index (χ0v) is 18.0. The molecule has 3 rings (SSSR count). The molecule has 0 aromatic heterocycles. The second-order valence-corrected chi connectivity index (χ2v) is 7.87. The lowest BCUT2D eigenvalue weighted by atomic mass is 10.0. The smallest absolute Gasteiger partial charge is 0.338 e. The molecule has 0 spiro atoms.